The van der Waals surface area contributed by atoms with Crippen LogP contribution in [-0.4, -0.2) is 27.7 Å². The lowest BCUT2D eigenvalue weighted by Crippen LogP contribution is -2.30. The third kappa shape index (κ3) is 6.42. The normalized spacial score (nSPS) is 12.2. The lowest BCUT2D eigenvalue weighted by molar-refractivity contribution is 0.0935. The van der Waals surface area contributed by atoms with Crippen LogP contribution in [0.2, 0.25) is 0 Å². The minimum atomic E-state index is -3.50. The van der Waals surface area contributed by atoms with Gasteiger partial charge in [0.1, 0.15) is 5.75 Å². The monoisotopic (exact) mass is 494 g/mol. The van der Waals surface area contributed by atoms with E-state index in [0.717, 1.165) is 40.0 Å². The van der Waals surface area contributed by atoms with Gasteiger partial charge in [0.15, 0.2) is 0 Å². The highest BCUT2D eigenvalue weighted by Crippen LogP contribution is 2.27. The maximum Gasteiger partial charge on any atom is 0.251 e. The molecule has 0 spiro atoms. The van der Waals surface area contributed by atoms with Gasteiger partial charge in [0.2, 0.25) is 10.0 Å². The molecule has 0 aliphatic heterocycles. The van der Waals surface area contributed by atoms with Crippen molar-refractivity contribution in [3.63, 3.8) is 0 Å². The van der Waals surface area contributed by atoms with E-state index in [-0.39, 0.29) is 18.5 Å². The van der Waals surface area contributed by atoms with Crippen molar-refractivity contribution in [1.82, 2.24) is 5.32 Å². The molecule has 186 valence electrons. The van der Waals surface area contributed by atoms with Crippen molar-refractivity contribution in [3.05, 3.63) is 94.0 Å². The van der Waals surface area contributed by atoms with Gasteiger partial charge >= 0.3 is 0 Å². The van der Waals surface area contributed by atoms with E-state index in [4.69, 9.17) is 4.74 Å². The first kappa shape index (κ1) is 26.3. The number of ether oxygens (including phenoxy) is 1. The molecular formula is C28H34N2O4S. The zero-order valence-corrected chi connectivity index (χ0v) is 22.1. The Kier molecular flexibility index (Phi) is 8.22. The molecule has 3 rings (SSSR count). The molecule has 1 atom stereocenters. The lowest BCUT2D eigenvalue weighted by atomic mass is 10.0. The number of carbonyl (C=O) groups is 1. The van der Waals surface area contributed by atoms with Gasteiger partial charge in [-0.2, -0.15) is 0 Å². The van der Waals surface area contributed by atoms with Crippen molar-refractivity contribution in [3.8, 4) is 5.75 Å². The summed E-state index contributed by atoms with van der Waals surface area (Å²) in [5.74, 6) is 0.640. The minimum Gasteiger partial charge on any atom is -0.496 e. The summed E-state index contributed by atoms with van der Waals surface area (Å²) in [4.78, 5) is 12.9. The molecule has 0 radical (unpaired) electrons. The molecule has 3 aromatic carbocycles. The average molecular weight is 495 g/mol. The second-order valence-electron chi connectivity index (χ2n) is 8.92. The third-order valence-electron chi connectivity index (χ3n) is 6.11. The Morgan fingerprint density at radius 1 is 0.971 bits per heavy atom. The Morgan fingerprint density at radius 2 is 1.66 bits per heavy atom. The standard InChI is InChI=1S/C28H34N2O4S/c1-7-25(24-14-15-27(34-5)21(4)17-24)29-28(31)23-12-10-22(11-13-23)18-30(35(6,32)33)26-16-19(2)8-9-20(26)3/h8-17,25H,7,18H2,1-6H3,(H,29,31)/t25-/m1/s1. The fraction of sp³-hybridized carbons (Fsp3) is 0.321. The molecule has 0 heterocycles. The van der Waals surface area contributed by atoms with E-state index in [0.29, 0.717) is 11.3 Å². The quantitative estimate of drug-likeness (QED) is 0.428. The Balaban J connectivity index is 1.77. The topological polar surface area (TPSA) is 75.7 Å². The number of hydrogen-bond donors (Lipinski definition) is 1. The number of nitrogens with zero attached hydrogens (tertiary/aromatic N) is 1. The Labute approximate surface area is 209 Å². The highest BCUT2D eigenvalue weighted by atomic mass is 32.2. The molecule has 7 heteroatoms. The number of anilines is 1. The summed E-state index contributed by atoms with van der Waals surface area (Å²) in [7, 11) is -1.85. The molecule has 0 bridgehead atoms. The van der Waals surface area contributed by atoms with Crippen LogP contribution in [-0.2, 0) is 16.6 Å². The Morgan fingerprint density at radius 3 is 2.23 bits per heavy atom. The van der Waals surface area contributed by atoms with Crippen LogP contribution in [0, 0.1) is 20.8 Å². The number of methoxy groups -OCH3 is 1. The number of amides is 1. The molecule has 0 aromatic heterocycles. The van der Waals surface area contributed by atoms with Gasteiger partial charge in [0, 0.05) is 5.56 Å². The molecule has 0 aliphatic carbocycles. The lowest BCUT2D eigenvalue weighted by Gasteiger charge is -2.25. The van der Waals surface area contributed by atoms with Crippen molar-refractivity contribution in [2.24, 2.45) is 0 Å². The molecular weight excluding hydrogens is 460 g/mol. The van der Waals surface area contributed by atoms with Crippen LogP contribution in [0.25, 0.3) is 0 Å². The summed E-state index contributed by atoms with van der Waals surface area (Å²) in [5.41, 5.74) is 5.89. The SMILES string of the molecule is CC[C@@H](NC(=O)c1ccc(CN(c2cc(C)ccc2C)S(C)(=O)=O)cc1)c1ccc(OC)c(C)c1. The second-order valence-corrected chi connectivity index (χ2v) is 10.8. The number of benzene rings is 3. The van der Waals surface area contributed by atoms with Crippen molar-refractivity contribution in [2.75, 3.05) is 17.7 Å². The van der Waals surface area contributed by atoms with Crippen LogP contribution in [0.1, 0.15) is 57.6 Å². The van der Waals surface area contributed by atoms with Crippen molar-refractivity contribution < 1.29 is 17.9 Å². The Bertz CT molecular complexity index is 1300. The van der Waals surface area contributed by atoms with Gasteiger partial charge in [-0.25, -0.2) is 8.42 Å². The fourth-order valence-corrected chi connectivity index (χ4v) is 5.02. The van der Waals surface area contributed by atoms with Gasteiger partial charge in [-0.15, -0.1) is 0 Å². The zero-order valence-electron chi connectivity index (χ0n) is 21.3. The molecule has 35 heavy (non-hydrogen) atoms. The van der Waals surface area contributed by atoms with E-state index in [9.17, 15) is 13.2 Å². The van der Waals surface area contributed by atoms with E-state index < -0.39 is 10.0 Å². The minimum absolute atomic E-state index is 0.128. The van der Waals surface area contributed by atoms with Gasteiger partial charge in [-0.3, -0.25) is 9.10 Å². The van der Waals surface area contributed by atoms with E-state index in [2.05, 4.69) is 5.32 Å². The van der Waals surface area contributed by atoms with Crippen molar-refractivity contribution >= 4 is 21.6 Å². The molecule has 1 amide bonds. The largest absolute Gasteiger partial charge is 0.496 e. The van der Waals surface area contributed by atoms with Crippen LogP contribution in [0.5, 0.6) is 5.75 Å². The van der Waals surface area contributed by atoms with E-state index in [1.807, 2.05) is 64.1 Å². The smallest absolute Gasteiger partial charge is 0.251 e. The molecule has 0 saturated carbocycles. The van der Waals surface area contributed by atoms with Crippen LogP contribution < -0.4 is 14.4 Å². The highest BCUT2D eigenvalue weighted by Gasteiger charge is 2.20. The number of hydrogen-bond acceptors (Lipinski definition) is 4. The van der Waals surface area contributed by atoms with Gasteiger partial charge in [0.25, 0.3) is 5.91 Å². The molecule has 1 N–H and O–H groups in total. The highest BCUT2D eigenvalue weighted by molar-refractivity contribution is 7.92. The van der Waals surface area contributed by atoms with Crippen LogP contribution in [0.3, 0.4) is 0 Å². The first-order valence-corrected chi connectivity index (χ1v) is 13.5. The summed E-state index contributed by atoms with van der Waals surface area (Å²) in [6, 6.07) is 18.6. The third-order valence-corrected chi connectivity index (χ3v) is 7.24. The summed E-state index contributed by atoms with van der Waals surface area (Å²) in [6.45, 7) is 8.03. The van der Waals surface area contributed by atoms with E-state index >= 15 is 0 Å². The predicted octanol–water partition coefficient (Wildman–Crippen LogP) is 5.47. The molecule has 0 saturated heterocycles. The maximum atomic E-state index is 12.9. The van der Waals surface area contributed by atoms with Crippen molar-refractivity contribution in [1.29, 1.82) is 0 Å². The summed E-state index contributed by atoms with van der Waals surface area (Å²) < 4.78 is 31.9. The molecule has 6 nitrogen and oxygen atoms in total. The second kappa shape index (κ2) is 11.0. The molecule has 0 unspecified atom stereocenters. The molecule has 0 fully saturated rings. The first-order valence-electron chi connectivity index (χ1n) is 11.6. The number of sulfonamides is 1. The van der Waals surface area contributed by atoms with Crippen LogP contribution in [0.15, 0.2) is 60.7 Å². The van der Waals surface area contributed by atoms with Gasteiger partial charge in [0.05, 0.1) is 31.6 Å². The molecule has 0 aliphatic rings. The van der Waals surface area contributed by atoms with Gasteiger partial charge in [-0.05, 0) is 79.3 Å². The number of rotatable bonds is 9. The van der Waals surface area contributed by atoms with E-state index in [1.54, 1.807) is 31.4 Å². The number of nitrogens with one attached hydrogen (secondary N) is 1. The average Bonchev–Trinajstić information content (AvgIpc) is 2.82. The first-order chi connectivity index (χ1) is 16.5. The number of carbonyl (C=O) groups excluding carboxylic acids is 1. The summed E-state index contributed by atoms with van der Waals surface area (Å²) in [5, 5.41) is 3.10. The Hall–Kier alpha value is -3.32. The number of aryl methyl sites for hydroxylation is 3. The molecule has 3 aromatic rings. The van der Waals surface area contributed by atoms with Crippen LogP contribution in [0.4, 0.5) is 5.69 Å². The zero-order chi connectivity index (χ0) is 25.8. The van der Waals surface area contributed by atoms with Crippen molar-refractivity contribution in [2.45, 2.75) is 46.7 Å². The summed E-state index contributed by atoms with van der Waals surface area (Å²) >= 11 is 0. The van der Waals surface area contributed by atoms with Gasteiger partial charge < -0.3 is 10.1 Å². The summed E-state index contributed by atoms with van der Waals surface area (Å²) in [6.07, 6.45) is 1.96. The van der Waals surface area contributed by atoms with Crippen LogP contribution >= 0.6 is 0 Å². The predicted molar refractivity (Wildman–Crippen MR) is 142 cm³/mol. The van der Waals surface area contributed by atoms with Gasteiger partial charge in [-0.1, -0.05) is 43.3 Å². The van der Waals surface area contributed by atoms with E-state index in [1.165, 1.54) is 10.6 Å². The fourth-order valence-electron chi connectivity index (χ4n) is 4.08. The maximum absolute atomic E-state index is 12.9.